The van der Waals surface area contributed by atoms with Gasteiger partial charge in [-0.1, -0.05) is 30.8 Å². The van der Waals surface area contributed by atoms with Crippen LogP contribution in [0.2, 0.25) is 0 Å². The van der Waals surface area contributed by atoms with Gasteiger partial charge in [0, 0.05) is 28.5 Å². The average Bonchev–Trinajstić information content (AvgIpc) is 2.75. The van der Waals surface area contributed by atoms with Gasteiger partial charge in [-0.3, -0.25) is 10.1 Å². The molecule has 152 valence electrons. The number of nitro groups is 1. The Kier molecular flexibility index (Phi) is 6.49. The molecule has 0 N–H and O–H groups in total. The smallest absolute Gasteiger partial charge is 0.333 e. The van der Waals surface area contributed by atoms with Gasteiger partial charge in [0.1, 0.15) is 19.0 Å². The summed E-state index contributed by atoms with van der Waals surface area (Å²) in [5, 5.41) is 20.9. The van der Waals surface area contributed by atoms with Crippen molar-refractivity contribution in [3.8, 4) is 5.75 Å². The van der Waals surface area contributed by atoms with Crippen molar-refractivity contribution in [1.82, 2.24) is 0 Å². The molecule has 0 bridgehead atoms. The second-order valence-corrected chi connectivity index (χ2v) is 6.37. The monoisotopic (exact) mass is 405 g/mol. The van der Waals surface area contributed by atoms with E-state index in [1.54, 1.807) is 19.1 Å². The topological polar surface area (TPSA) is 103 Å². The van der Waals surface area contributed by atoms with Crippen molar-refractivity contribution < 1.29 is 19.2 Å². The van der Waals surface area contributed by atoms with E-state index in [0.29, 0.717) is 22.7 Å². The van der Waals surface area contributed by atoms with Gasteiger partial charge < -0.3 is 9.47 Å². The Balaban J connectivity index is 1.75. The van der Waals surface area contributed by atoms with Crippen molar-refractivity contribution in [1.29, 1.82) is 0 Å². The lowest BCUT2D eigenvalue weighted by molar-refractivity contribution is -0.384. The van der Waals surface area contributed by atoms with Gasteiger partial charge in [0.2, 0.25) is 0 Å². The molecular weight excluding hydrogens is 386 g/mol. The highest BCUT2D eigenvalue weighted by Gasteiger charge is 2.08. The molecule has 3 rings (SSSR count). The first kappa shape index (κ1) is 20.7. The van der Waals surface area contributed by atoms with Gasteiger partial charge in [-0.15, -0.1) is 5.11 Å². The first-order valence-electron chi connectivity index (χ1n) is 9.09. The number of esters is 1. The number of fused-ring (bicyclic) bond motifs is 1. The van der Waals surface area contributed by atoms with Gasteiger partial charge in [-0.05, 0) is 31.2 Å². The van der Waals surface area contributed by atoms with Gasteiger partial charge in [0.05, 0.1) is 16.3 Å². The van der Waals surface area contributed by atoms with E-state index in [1.165, 1.54) is 24.3 Å². The van der Waals surface area contributed by atoms with Gasteiger partial charge in [-0.2, -0.15) is 5.11 Å². The van der Waals surface area contributed by atoms with E-state index in [2.05, 4.69) is 16.8 Å². The molecule has 0 saturated carbocycles. The van der Waals surface area contributed by atoms with Crippen molar-refractivity contribution in [3.05, 3.63) is 82.9 Å². The fraction of sp³-hybridized carbons (Fsp3) is 0.136. The predicted octanol–water partition coefficient (Wildman–Crippen LogP) is 5.66. The van der Waals surface area contributed by atoms with E-state index >= 15 is 0 Å². The van der Waals surface area contributed by atoms with Crippen molar-refractivity contribution >= 4 is 33.8 Å². The van der Waals surface area contributed by atoms with Crippen molar-refractivity contribution in [2.45, 2.75) is 6.92 Å². The van der Waals surface area contributed by atoms with Crippen LogP contribution in [0.25, 0.3) is 10.8 Å². The lowest BCUT2D eigenvalue weighted by Crippen LogP contribution is -2.12. The first-order valence-corrected chi connectivity index (χ1v) is 9.09. The molecule has 0 atom stereocenters. The quantitative estimate of drug-likeness (QED) is 0.120. The Morgan fingerprint density at radius 3 is 2.37 bits per heavy atom. The summed E-state index contributed by atoms with van der Waals surface area (Å²) in [5.74, 6) is 0.178. The van der Waals surface area contributed by atoms with Crippen LogP contribution in [0.5, 0.6) is 5.75 Å². The summed E-state index contributed by atoms with van der Waals surface area (Å²) in [7, 11) is 0. The Hall–Kier alpha value is -4.07. The van der Waals surface area contributed by atoms with Crippen LogP contribution in [0.3, 0.4) is 0 Å². The van der Waals surface area contributed by atoms with Crippen LogP contribution in [-0.4, -0.2) is 24.1 Å². The minimum absolute atomic E-state index is 0.00479. The fourth-order valence-corrected chi connectivity index (χ4v) is 2.63. The molecule has 0 saturated heterocycles. The molecule has 0 unspecified atom stereocenters. The SMILES string of the molecule is C=C(C)C(=O)OCCOc1ccc(N=Nc2ccc([N+](=O)[O-])cc2)c2ccccc12. The summed E-state index contributed by atoms with van der Waals surface area (Å²) in [5.41, 5.74) is 1.47. The summed E-state index contributed by atoms with van der Waals surface area (Å²) in [6.07, 6.45) is 0. The number of nitrogens with zero attached hydrogens (tertiary/aromatic N) is 3. The van der Waals surface area contributed by atoms with Crippen molar-refractivity contribution in [2.75, 3.05) is 13.2 Å². The average molecular weight is 405 g/mol. The highest BCUT2D eigenvalue weighted by molar-refractivity contribution is 5.96. The Morgan fingerprint density at radius 1 is 1.00 bits per heavy atom. The third-order valence-corrected chi connectivity index (χ3v) is 4.12. The number of hydrogen-bond acceptors (Lipinski definition) is 7. The van der Waals surface area contributed by atoms with Crippen LogP contribution < -0.4 is 4.74 Å². The van der Waals surface area contributed by atoms with Gasteiger partial charge in [-0.25, -0.2) is 4.79 Å². The van der Waals surface area contributed by atoms with Crippen LogP contribution in [0, 0.1) is 10.1 Å². The zero-order valence-electron chi connectivity index (χ0n) is 16.3. The largest absolute Gasteiger partial charge is 0.489 e. The minimum atomic E-state index is -0.466. The Labute approximate surface area is 172 Å². The van der Waals surface area contributed by atoms with Crippen LogP contribution in [0.15, 0.2) is 83.0 Å². The van der Waals surface area contributed by atoms with Gasteiger partial charge >= 0.3 is 5.97 Å². The molecule has 8 heteroatoms. The second-order valence-electron chi connectivity index (χ2n) is 6.37. The first-order chi connectivity index (χ1) is 14.5. The second kappa shape index (κ2) is 9.42. The maximum atomic E-state index is 11.4. The van der Waals surface area contributed by atoms with Crippen LogP contribution >= 0.6 is 0 Å². The lowest BCUT2D eigenvalue weighted by Gasteiger charge is -2.11. The molecule has 0 aliphatic heterocycles. The fourth-order valence-electron chi connectivity index (χ4n) is 2.63. The number of carbonyl (C=O) groups excluding carboxylic acids is 1. The molecule has 0 aliphatic rings. The van der Waals surface area contributed by atoms with Gasteiger partial charge in [0.25, 0.3) is 5.69 Å². The predicted molar refractivity (Wildman–Crippen MR) is 112 cm³/mol. The van der Waals surface area contributed by atoms with Crippen molar-refractivity contribution in [3.63, 3.8) is 0 Å². The molecule has 0 heterocycles. The third kappa shape index (κ3) is 5.05. The number of azo groups is 1. The summed E-state index contributed by atoms with van der Waals surface area (Å²) in [6.45, 7) is 5.43. The van der Waals surface area contributed by atoms with E-state index in [0.717, 1.165) is 10.8 Å². The normalized spacial score (nSPS) is 10.8. The molecular formula is C22H19N3O5. The number of nitro benzene ring substituents is 1. The minimum Gasteiger partial charge on any atom is -0.489 e. The summed E-state index contributed by atoms with van der Waals surface area (Å²) in [6, 6.07) is 16.9. The molecule has 30 heavy (non-hydrogen) atoms. The zero-order valence-corrected chi connectivity index (χ0v) is 16.3. The number of carbonyl (C=O) groups is 1. The maximum absolute atomic E-state index is 11.4. The Bertz CT molecular complexity index is 1120. The number of ether oxygens (including phenoxy) is 2. The number of benzene rings is 3. The zero-order chi connectivity index (χ0) is 21.5. The highest BCUT2D eigenvalue weighted by atomic mass is 16.6. The summed E-state index contributed by atoms with van der Waals surface area (Å²) >= 11 is 0. The van der Waals surface area contributed by atoms with Crippen molar-refractivity contribution in [2.24, 2.45) is 10.2 Å². The van der Waals surface area contributed by atoms with Crippen LogP contribution in [0.4, 0.5) is 17.1 Å². The standard InChI is InChI=1S/C22H19N3O5/c1-15(2)22(26)30-14-13-29-21-12-11-20(18-5-3-4-6-19(18)21)24-23-16-7-9-17(10-8-16)25(27)28/h3-12H,1,13-14H2,2H3. The van der Waals surface area contributed by atoms with Crippen LogP contribution in [0.1, 0.15) is 6.92 Å². The molecule has 3 aromatic carbocycles. The molecule has 0 fully saturated rings. The van der Waals surface area contributed by atoms with Gasteiger partial charge in [0.15, 0.2) is 0 Å². The molecule has 3 aromatic rings. The summed E-state index contributed by atoms with van der Waals surface area (Å²) < 4.78 is 10.8. The molecule has 0 aromatic heterocycles. The summed E-state index contributed by atoms with van der Waals surface area (Å²) in [4.78, 5) is 21.7. The van der Waals surface area contributed by atoms with E-state index in [1.807, 2.05) is 24.3 Å². The van der Waals surface area contributed by atoms with E-state index < -0.39 is 10.9 Å². The maximum Gasteiger partial charge on any atom is 0.333 e. The molecule has 0 amide bonds. The molecule has 0 radical (unpaired) electrons. The highest BCUT2D eigenvalue weighted by Crippen LogP contribution is 2.34. The third-order valence-electron chi connectivity index (χ3n) is 4.12. The van der Waals surface area contributed by atoms with E-state index in [9.17, 15) is 14.9 Å². The van der Waals surface area contributed by atoms with Crippen LogP contribution in [-0.2, 0) is 9.53 Å². The lowest BCUT2D eigenvalue weighted by atomic mass is 10.1. The number of hydrogen-bond donors (Lipinski definition) is 0. The molecule has 0 aliphatic carbocycles. The van der Waals surface area contributed by atoms with E-state index in [-0.39, 0.29) is 18.9 Å². The molecule has 8 nitrogen and oxygen atoms in total. The Morgan fingerprint density at radius 2 is 1.70 bits per heavy atom. The van der Waals surface area contributed by atoms with E-state index in [4.69, 9.17) is 9.47 Å². The molecule has 0 spiro atoms. The number of rotatable bonds is 8. The number of non-ortho nitro benzene ring substituents is 1.